The van der Waals surface area contributed by atoms with E-state index in [4.69, 9.17) is 16.3 Å². The number of rotatable bonds is 8. The molecule has 3 aromatic carbocycles. The van der Waals surface area contributed by atoms with Gasteiger partial charge in [0, 0.05) is 22.7 Å². The lowest BCUT2D eigenvalue weighted by Gasteiger charge is -2.09. The van der Waals surface area contributed by atoms with Gasteiger partial charge in [-0.15, -0.1) is 0 Å². The maximum Gasteiger partial charge on any atom is 0.251 e. The van der Waals surface area contributed by atoms with Crippen molar-refractivity contribution in [2.75, 3.05) is 6.54 Å². The molecule has 1 N–H and O–H groups in total. The lowest BCUT2D eigenvalue weighted by atomic mass is 10.1. The fraction of sp³-hybridized carbons (Fsp3) is 0.174. The summed E-state index contributed by atoms with van der Waals surface area (Å²) < 4.78 is 18.6. The molecular weight excluding hydrogens is 377 g/mol. The second-order valence-corrected chi connectivity index (χ2v) is 6.80. The molecule has 28 heavy (non-hydrogen) atoms. The highest BCUT2D eigenvalue weighted by Gasteiger charge is 2.06. The van der Waals surface area contributed by atoms with Gasteiger partial charge in [-0.25, -0.2) is 4.39 Å². The highest BCUT2D eigenvalue weighted by Crippen LogP contribution is 2.19. The van der Waals surface area contributed by atoms with Crippen molar-refractivity contribution in [2.24, 2.45) is 0 Å². The van der Waals surface area contributed by atoms with Gasteiger partial charge in [0.15, 0.2) is 0 Å². The van der Waals surface area contributed by atoms with E-state index < -0.39 is 0 Å². The summed E-state index contributed by atoms with van der Waals surface area (Å²) in [7, 11) is 0. The van der Waals surface area contributed by atoms with Gasteiger partial charge in [-0.2, -0.15) is 0 Å². The van der Waals surface area contributed by atoms with Crippen LogP contribution in [-0.4, -0.2) is 12.5 Å². The molecule has 0 unspecified atom stereocenters. The zero-order chi connectivity index (χ0) is 19.8. The third kappa shape index (κ3) is 5.83. The van der Waals surface area contributed by atoms with E-state index in [-0.39, 0.29) is 11.7 Å². The number of carbonyl (C=O) groups is 1. The summed E-state index contributed by atoms with van der Waals surface area (Å²) in [6, 6.07) is 20.9. The number of amides is 1. The van der Waals surface area contributed by atoms with Crippen LogP contribution in [0, 0.1) is 5.82 Å². The Labute approximate surface area is 169 Å². The van der Waals surface area contributed by atoms with Gasteiger partial charge in [0.05, 0.1) is 0 Å². The zero-order valence-electron chi connectivity index (χ0n) is 15.3. The van der Waals surface area contributed by atoms with Crippen molar-refractivity contribution >= 4 is 17.5 Å². The van der Waals surface area contributed by atoms with Crippen LogP contribution in [0.2, 0.25) is 5.02 Å². The molecule has 0 spiro atoms. The smallest absolute Gasteiger partial charge is 0.251 e. The van der Waals surface area contributed by atoms with Crippen LogP contribution in [0.15, 0.2) is 72.8 Å². The van der Waals surface area contributed by atoms with Crippen LogP contribution < -0.4 is 10.1 Å². The maximum absolute atomic E-state index is 12.9. The Morgan fingerprint density at radius 3 is 2.39 bits per heavy atom. The first-order valence-electron chi connectivity index (χ1n) is 9.11. The van der Waals surface area contributed by atoms with Gasteiger partial charge in [0.2, 0.25) is 0 Å². The molecule has 0 aliphatic carbocycles. The summed E-state index contributed by atoms with van der Waals surface area (Å²) in [4.78, 5) is 12.2. The van der Waals surface area contributed by atoms with E-state index in [2.05, 4.69) is 5.32 Å². The van der Waals surface area contributed by atoms with Gasteiger partial charge >= 0.3 is 0 Å². The van der Waals surface area contributed by atoms with Crippen molar-refractivity contribution in [3.63, 3.8) is 0 Å². The van der Waals surface area contributed by atoms with Gasteiger partial charge in [-0.3, -0.25) is 4.79 Å². The van der Waals surface area contributed by atoms with Crippen LogP contribution in [0.5, 0.6) is 5.75 Å². The highest BCUT2D eigenvalue weighted by molar-refractivity contribution is 6.31. The highest BCUT2D eigenvalue weighted by atomic mass is 35.5. The second-order valence-electron chi connectivity index (χ2n) is 6.39. The van der Waals surface area contributed by atoms with Gasteiger partial charge in [0.1, 0.15) is 18.2 Å². The summed E-state index contributed by atoms with van der Waals surface area (Å²) in [5.74, 6) is 0.306. The first-order valence-corrected chi connectivity index (χ1v) is 9.48. The molecule has 0 saturated carbocycles. The van der Waals surface area contributed by atoms with Crippen molar-refractivity contribution in [3.05, 3.63) is 100 Å². The van der Waals surface area contributed by atoms with Crippen molar-refractivity contribution in [1.29, 1.82) is 0 Å². The molecule has 1 amide bonds. The van der Waals surface area contributed by atoms with E-state index in [1.165, 1.54) is 12.1 Å². The number of halogens is 2. The maximum atomic E-state index is 12.9. The Morgan fingerprint density at radius 2 is 1.68 bits per heavy atom. The van der Waals surface area contributed by atoms with E-state index in [0.717, 1.165) is 24.0 Å². The molecule has 0 heterocycles. The lowest BCUT2D eigenvalue weighted by Crippen LogP contribution is -2.24. The SMILES string of the molecule is O=C(NCCCc1ccc(F)cc1)c1ccc(OCc2ccccc2Cl)cc1. The summed E-state index contributed by atoms with van der Waals surface area (Å²) in [6.07, 6.45) is 1.58. The minimum absolute atomic E-state index is 0.128. The van der Waals surface area contributed by atoms with Crippen LogP contribution in [0.3, 0.4) is 0 Å². The minimum Gasteiger partial charge on any atom is -0.489 e. The molecular formula is C23H21ClFNO2. The number of benzene rings is 3. The minimum atomic E-state index is -0.239. The average Bonchev–Trinajstić information content (AvgIpc) is 2.72. The molecule has 5 heteroatoms. The summed E-state index contributed by atoms with van der Waals surface area (Å²) in [6.45, 7) is 0.926. The quantitative estimate of drug-likeness (QED) is 0.515. The van der Waals surface area contributed by atoms with Crippen molar-refractivity contribution in [1.82, 2.24) is 5.32 Å². The third-order valence-electron chi connectivity index (χ3n) is 4.31. The lowest BCUT2D eigenvalue weighted by molar-refractivity contribution is 0.0953. The predicted octanol–water partition coefficient (Wildman–Crippen LogP) is 5.42. The van der Waals surface area contributed by atoms with Gasteiger partial charge in [0.25, 0.3) is 5.91 Å². The topological polar surface area (TPSA) is 38.3 Å². The first-order chi connectivity index (χ1) is 13.6. The molecule has 0 radical (unpaired) electrons. The van der Waals surface area contributed by atoms with E-state index in [9.17, 15) is 9.18 Å². The fourth-order valence-electron chi connectivity index (χ4n) is 2.73. The van der Waals surface area contributed by atoms with E-state index >= 15 is 0 Å². The van der Waals surface area contributed by atoms with E-state index in [1.54, 1.807) is 36.4 Å². The summed E-state index contributed by atoms with van der Waals surface area (Å²) in [5.41, 5.74) is 2.54. The monoisotopic (exact) mass is 397 g/mol. The van der Waals surface area contributed by atoms with Crippen LogP contribution >= 0.6 is 11.6 Å². The van der Waals surface area contributed by atoms with Crippen molar-refractivity contribution < 1.29 is 13.9 Å². The Morgan fingerprint density at radius 1 is 0.964 bits per heavy atom. The number of hydrogen-bond acceptors (Lipinski definition) is 2. The van der Waals surface area contributed by atoms with Crippen molar-refractivity contribution in [3.8, 4) is 5.75 Å². The molecule has 3 nitrogen and oxygen atoms in total. The standard InChI is InChI=1S/C23H21ClFNO2/c24-22-6-2-1-5-19(22)16-28-21-13-9-18(10-14-21)23(27)26-15-3-4-17-7-11-20(25)12-8-17/h1-2,5-14H,3-4,15-16H2,(H,26,27). The van der Waals surface area contributed by atoms with Crippen LogP contribution in [0.4, 0.5) is 4.39 Å². The molecule has 0 bridgehead atoms. The Kier molecular flexibility index (Phi) is 7.04. The molecule has 144 valence electrons. The normalized spacial score (nSPS) is 10.5. The van der Waals surface area contributed by atoms with Gasteiger partial charge < -0.3 is 10.1 Å². The number of nitrogens with one attached hydrogen (secondary N) is 1. The Balaban J connectivity index is 1.43. The fourth-order valence-corrected chi connectivity index (χ4v) is 2.92. The van der Waals surface area contributed by atoms with Crippen molar-refractivity contribution in [2.45, 2.75) is 19.4 Å². The van der Waals surface area contributed by atoms with Crippen LogP contribution in [-0.2, 0) is 13.0 Å². The average molecular weight is 398 g/mol. The molecule has 0 atom stereocenters. The molecule has 3 aromatic rings. The molecule has 0 saturated heterocycles. The number of carbonyl (C=O) groups excluding carboxylic acids is 1. The zero-order valence-corrected chi connectivity index (χ0v) is 16.1. The largest absolute Gasteiger partial charge is 0.489 e. The Bertz CT molecular complexity index is 911. The summed E-state index contributed by atoms with van der Waals surface area (Å²) >= 11 is 6.11. The molecule has 0 aromatic heterocycles. The third-order valence-corrected chi connectivity index (χ3v) is 4.68. The Hall–Kier alpha value is -2.85. The van der Waals surface area contributed by atoms with Gasteiger partial charge in [-0.05, 0) is 60.9 Å². The molecule has 3 rings (SSSR count). The summed E-state index contributed by atoms with van der Waals surface area (Å²) in [5, 5.41) is 3.56. The molecule has 0 aliphatic heterocycles. The first kappa shape index (κ1) is 19.9. The second kappa shape index (κ2) is 9.90. The van der Waals surface area contributed by atoms with Crippen LogP contribution in [0.25, 0.3) is 0 Å². The predicted molar refractivity (Wildman–Crippen MR) is 109 cm³/mol. The van der Waals surface area contributed by atoms with E-state index in [0.29, 0.717) is 29.5 Å². The molecule has 0 fully saturated rings. The van der Waals surface area contributed by atoms with Crippen LogP contribution in [0.1, 0.15) is 27.9 Å². The van der Waals surface area contributed by atoms with Gasteiger partial charge in [-0.1, -0.05) is 41.9 Å². The number of hydrogen-bond donors (Lipinski definition) is 1. The number of aryl methyl sites for hydroxylation is 1. The van der Waals surface area contributed by atoms with E-state index in [1.807, 2.05) is 24.3 Å². The molecule has 0 aliphatic rings. The number of ether oxygens (including phenoxy) is 1.